The molecule has 0 spiro atoms. The number of fused-ring (bicyclic) bond motifs is 1. The number of aryl methyl sites for hydroxylation is 1. The van der Waals surface area contributed by atoms with Crippen LogP contribution in [0.3, 0.4) is 0 Å². The fraction of sp³-hybridized carbons (Fsp3) is 0.190. The summed E-state index contributed by atoms with van der Waals surface area (Å²) < 4.78 is 5.15. The number of nitrogens with one attached hydrogen (secondary N) is 1. The van der Waals surface area contributed by atoms with Crippen molar-refractivity contribution in [1.29, 1.82) is 5.26 Å². The third kappa shape index (κ3) is 4.47. The molecule has 1 amide bonds. The van der Waals surface area contributed by atoms with E-state index < -0.39 is 24.0 Å². The monoisotopic (exact) mass is 390 g/mol. The number of hydrogen-bond acceptors (Lipinski definition) is 6. The first kappa shape index (κ1) is 19.8. The normalized spacial score (nSPS) is 10.3. The fourth-order valence-corrected chi connectivity index (χ4v) is 2.83. The topological polar surface area (TPSA) is 116 Å². The SMILES string of the molecule is Cc1ccc(N(CCC#N)C(=O)COC(=O)c2n[nH]c(=O)c3ccccc23)cc1. The van der Waals surface area contributed by atoms with E-state index in [4.69, 9.17) is 10.00 Å². The maximum absolute atomic E-state index is 12.6. The summed E-state index contributed by atoms with van der Waals surface area (Å²) in [5, 5.41) is 15.5. The molecule has 0 unspecified atom stereocenters. The van der Waals surface area contributed by atoms with Gasteiger partial charge in [0.2, 0.25) is 0 Å². The maximum Gasteiger partial charge on any atom is 0.359 e. The number of aromatic amines is 1. The van der Waals surface area contributed by atoms with E-state index in [-0.39, 0.29) is 18.7 Å². The van der Waals surface area contributed by atoms with Crippen LogP contribution in [0.4, 0.5) is 5.69 Å². The number of benzene rings is 2. The molecule has 0 aliphatic heterocycles. The molecular weight excluding hydrogens is 372 g/mol. The average molecular weight is 390 g/mol. The maximum atomic E-state index is 12.6. The fourth-order valence-electron chi connectivity index (χ4n) is 2.83. The highest BCUT2D eigenvalue weighted by Gasteiger charge is 2.20. The van der Waals surface area contributed by atoms with Crippen molar-refractivity contribution in [3.8, 4) is 6.07 Å². The Kier molecular flexibility index (Phi) is 6.00. The number of rotatable bonds is 6. The van der Waals surface area contributed by atoms with Crippen molar-refractivity contribution in [2.45, 2.75) is 13.3 Å². The van der Waals surface area contributed by atoms with Gasteiger partial charge in [-0.25, -0.2) is 9.89 Å². The van der Waals surface area contributed by atoms with Crippen molar-refractivity contribution in [2.24, 2.45) is 0 Å². The summed E-state index contributed by atoms with van der Waals surface area (Å²) in [5.41, 5.74) is 1.14. The minimum Gasteiger partial charge on any atom is -0.451 e. The van der Waals surface area contributed by atoms with Crippen LogP contribution in [0.2, 0.25) is 0 Å². The molecule has 1 heterocycles. The Labute approximate surface area is 166 Å². The first-order valence-corrected chi connectivity index (χ1v) is 8.90. The number of amides is 1. The number of nitriles is 1. The Morgan fingerprint density at radius 1 is 1.14 bits per heavy atom. The van der Waals surface area contributed by atoms with Gasteiger partial charge in [-0.05, 0) is 25.1 Å². The number of hydrogen-bond donors (Lipinski definition) is 1. The third-order valence-electron chi connectivity index (χ3n) is 4.31. The van der Waals surface area contributed by atoms with Gasteiger partial charge < -0.3 is 9.64 Å². The van der Waals surface area contributed by atoms with Gasteiger partial charge in [-0.1, -0.05) is 35.9 Å². The van der Waals surface area contributed by atoms with Crippen LogP contribution >= 0.6 is 0 Å². The van der Waals surface area contributed by atoms with Crippen LogP contribution in [-0.4, -0.2) is 35.2 Å². The van der Waals surface area contributed by atoms with Crippen molar-refractivity contribution in [2.75, 3.05) is 18.1 Å². The molecule has 2 aromatic carbocycles. The summed E-state index contributed by atoms with van der Waals surface area (Å²) >= 11 is 0. The predicted octanol–water partition coefficient (Wildman–Crippen LogP) is 2.34. The molecule has 0 aliphatic carbocycles. The zero-order valence-electron chi connectivity index (χ0n) is 15.7. The van der Waals surface area contributed by atoms with Crippen LogP contribution in [0.1, 0.15) is 22.5 Å². The lowest BCUT2D eigenvalue weighted by Crippen LogP contribution is -2.35. The van der Waals surface area contributed by atoms with Crippen molar-refractivity contribution >= 4 is 28.3 Å². The third-order valence-corrected chi connectivity index (χ3v) is 4.31. The van der Waals surface area contributed by atoms with Gasteiger partial charge in [0.15, 0.2) is 12.3 Å². The highest BCUT2D eigenvalue weighted by Crippen LogP contribution is 2.17. The van der Waals surface area contributed by atoms with E-state index >= 15 is 0 Å². The number of aromatic nitrogens is 2. The van der Waals surface area contributed by atoms with Crippen LogP contribution in [0, 0.1) is 18.3 Å². The van der Waals surface area contributed by atoms with E-state index in [1.54, 1.807) is 36.4 Å². The molecule has 0 saturated carbocycles. The quantitative estimate of drug-likeness (QED) is 0.646. The molecule has 0 atom stereocenters. The van der Waals surface area contributed by atoms with Crippen LogP contribution < -0.4 is 10.5 Å². The number of ether oxygens (including phenoxy) is 1. The van der Waals surface area contributed by atoms with Gasteiger partial charge in [0.25, 0.3) is 11.5 Å². The Bertz CT molecular complexity index is 1150. The molecule has 29 heavy (non-hydrogen) atoms. The summed E-state index contributed by atoms with van der Waals surface area (Å²) in [6.07, 6.45) is 0.139. The number of nitrogens with zero attached hydrogens (tertiary/aromatic N) is 3. The van der Waals surface area contributed by atoms with Crippen molar-refractivity contribution in [1.82, 2.24) is 10.2 Å². The first-order chi connectivity index (χ1) is 14.0. The molecule has 1 N–H and O–H groups in total. The lowest BCUT2D eigenvalue weighted by Gasteiger charge is -2.21. The summed E-state index contributed by atoms with van der Waals surface area (Å²) in [7, 11) is 0. The highest BCUT2D eigenvalue weighted by atomic mass is 16.5. The van der Waals surface area contributed by atoms with Crippen LogP contribution in [0.25, 0.3) is 10.8 Å². The summed E-state index contributed by atoms with van der Waals surface area (Å²) in [6.45, 7) is 1.58. The molecule has 3 aromatic rings. The second-order valence-corrected chi connectivity index (χ2v) is 6.31. The Morgan fingerprint density at radius 3 is 2.52 bits per heavy atom. The van der Waals surface area contributed by atoms with Crippen molar-refractivity contribution < 1.29 is 14.3 Å². The highest BCUT2D eigenvalue weighted by molar-refractivity contribution is 6.03. The van der Waals surface area contributed by atoms with E-state index in [0.717, 1.165) is 5.56 Å². The van der Waals surface area contributed by atoms with Crippen molar-refractivity contribution in [3.63, 3.8) is 0 Å². The van der Waals surface area contributed by atoms with Gasteiger partial charge in [0, 0.05) is 17.6 Å². The van der Waals surface area contributed by atoms with E-state index in [0.29, 0.717) is 16.5 Å². The molecule has 3 rings (SSSR count). The minimum absolute atomic E-state index is 0.0769. The van der Waals surface area contributed by atoms with Crippen LogP contribution in [0.5, 0.6) is 0 Å². The predicted molar refractivity (Wildman–Crippen MR) is 106 cm³/mol. The second-order valence-electron chi connectivity index (χ2n) is 6.31. The van der Waals surface area contributed by atoms with Crippen molar-refractivity contribution in [3.05, 3.63) is 70.1 Å². The first-order valence-electron chi connectivity index (χ1n) is 8.90. The van der Waals surface area contributed by atoms with E-state index in [9.17, 15) is 14.4 Å². The molecule has 0 radical (unpaired) electrons. The van der Waals surface area contributed by atoms with Crippen LogP contribution in [0.15, 0.2) is 53.3 Å². The molecule has 0 saturated heterocycles. The van der Waals surface area contributed by atoms with E-state index in [2.05, 4.69) is 10.2 Å². The molecule has 1 aromatic heterocycles. The van der Waals surface area contributed by atoms with E-state index in [1.807, 2.05) is 25.1 Å². The summed E-state index contributed by atoms with van der Waals surface area (Å²) in [4.78, 5) is 38.3. The number of carbonyl (C=O) groups excluding carboxylic acids is 2. The zero-order chi connectivity index (χ0) is 20.8. The molecule has 146 valence electrons. The Hall–Kier alpha value is -3.99. The smallest absolute Gasteiger partial charge is 0.359 e. The number of H-pyrrole nitrogens is 1. The lowest BCUT2D eigenvalue weighted by atomic mass is 10.1. The van der Waals surface area contributed by atoms with Gasteiger partial charge in [0.05, 0.1) is 17.9 Å². The lowest BCUT2D eigenvalue weighted by molar-refractivity contribution is -0.121. The van der Waals surface area contributed by atoms with Gasteiger partial charge in [-0.15, -0.1) is 0 Å². The zero-order valence-corrected chi connectivity index (χ0v) is 15.7. The average Bonchev–Trinajstić information content (AvgIpc) is 2.74. The summed E-state index contributed by atoms with van der Waals surface area (Å²) in [5.74, 6) is -1.29. The molecule has 0 fully saturated rings. The molecule has 0 bridgehead atoms. The van der Waals surface area contributed by atoms with Gasteiger partial charge >= 0.3 is 5.97 Å². The molecular formula is C21H18N4O4. The number of anilines is 1. The van der Waals surface area contributed by atoms with Gasteiger partial charge in [-0.2, -0.15) is 10.4 Å². The second kappa shape index (κ2) is 8.80. The van der Waals surface area contributed by atoms with Crippen LogP contribution in [-0.2, 0) is 9.53 Å². The largest absolute Gasteiger partial charge is 0.451 e. The minimum atomic E-state index is -0.824. The Morgan fingerprint density at radius 2 is 1.83 bits per heavy atom. The Balaban J connectivity index is 1.77. The number of esters is 1. The standard InChI is InChI=1S/C21H18N4O4/c1-14-7-9-15(10-8-14)25(12-4-11-22)18(26)13-29-21(28)19-16-5-2-3-6-17(16)20(27)24-23-19/h2-3,5-10H,4,12-13H2,1H3,(H,24,27). The van der Waals surface area contributed by atoms with Gasteiger partial charge in [-0.3, -0.25) is 9.59 Å². The molecule has 8 heteroatoms. The number of carbonyl (C=O) groups is 2. The van der Waals surface area contributed by atoms with Gasteiger partial charge in [0.1, 0.15) is 0 Å². The molecule has 0 aliphatic rings. The summed E-state index contributed by atoms with van der Waals surface area (Å²) in [6, 6.07) is 15.7. The van der Waals surface area contributed by atoms with E-state index in [1.165, 1.54) is 4.90 Å². The molecule has 8 nitrogen and oxygen atoms in total.